The molecule has 0 radical (unpaired) electrons. The van der Waals surface area contributed by atoms with Crippen molar-refractivity contribution in [1.29, 1.82) is 0 Å². The van der Waals surface area contributed by atoms with Crippen molar-refractivity contribution in [3.63, 3.8) is 0 Å². The van der Waals surface area contributed by atoms with E-state index in [4.69, 9.17) is 46.4 Å². The molecule has 1 rings (SSSR count). The summed E-state index contributed by atoms with van der Waals surface area (Å²) in [7, 11) is 0. The highest BCUT2D eigenvalue weighted by Gasteiger charge is 2.25. The lowest BCUT2D eigenvalue weighted by atomic mass is 10.2. The Labute approximate surface area is 96.3 Å². The van der Waals surface area contributed by atoms with Gasteiger partial charge in [-0.05, 0) is 23.2 Å². The van der Waals surface area contributed by atoms with Gasteiger partial charge in [-0.1, -0.05) is 53.5 Å². The van der Waals surface area contributed by atoms with E-state index in [0.29, 0.717) is 5.56 Å². The Morgan fingerprint density at radius 2 is 1.62 bits per heavy atom. The van der Waals surface area contributed by atoms with Crippen molar-refractivity contribution in [2.75, 3.05) is 0 Å². The molecule has 0 atom stereocenters. The van der Waals surface area contributed by atoms with E-state index in [-0.39, 0.29) is 4.63 Å². The van der Waals surface area contributed by atoms with Crippen LogP contribution in [0.25, 0.3) is 0 Å². The summed E-state index contributed by atoms with van der Waals surface area (Å²) in [6.07, 6.45) is 0. The predicted octanol–water partition coefficient (Wildman–Crippen LogP) is 4.11. The summed E-state index contributed by atoms with van der Waals surface area (Å²) >= 11 is 22.4. The molecule has 70 valence electrons. The summed E-state index contributed by atoms with van der Waals surface area (Å²) in [5.41, 5.74) is 0.622. The van der Waals surface area contributed by atoms with Crippen LogP contribution >= 0.6 is 46.4 Å². The van der Waals surface area contributed by atoms with Crippen molar-refractivity contribution >= 4 is 51.0 Å². The van der Waals surface area contributed by atoms with Crippen LogP contribution in [0.4, 0.5) is 0 Å². The second-order valence-electron chi connectivity index (χ2n) is 2.26. The van der Waals surface area contributed by atoms with E-state index in [1.807, 2.05) is 6.07 Å². The van der Waals surface area contributed by atoms with Crippen molar-refractivity contribution in [1.82, 2.24) is 0 Å². The van der Waals surface area contributed by atoms with Crippen LogP contribution in [-0.4, -0.2) is 4.63 Å². The van der Waals surface area contributed by atoms with E-state index < -0.39 is 4.46 Å². The number of alkyl halides is 2. The predicted molar refractivity (Wildman–Crippen MR) is 59.0 cm³/mol. The summed E-state index contributed by atoms with van der Waals surface area (Å²) < 4.78 is -1.62. The summed E-state index contributed by atoms with van der Waals surface area (Å²) in [5.74, 6) is 0. The lowest BCUT2D eigenvalue weighted by Crippen LogP contribution is -2.06. The molecule has 0 bridgehead atoms. The average Bonchev–Trinajstić information content (AvgIpc) is 2.04. The molecule has 0 saturated carbocycles. The second-order valence-corrected chi connectivity index (χ2v) is 4.46. The summed E-state index contributed by atoms with van der Waals surface area (Å²) in [5, 5.41) is 0. The zero-order valence-electron chi connectivity index (χ0n) is 6.35. The van der Waals surface area contributed by atoms with Crippen molar-refractivity contribution in [3.05, 3.63) is 35.9 Å². The van der Waals surface area contributed by atoms with Gasteiger partial charge in [-0.25, -0.2) is 4.99 Å². The van der Waals surface area contributed by atoms with Gasteiger partial charge in [0.25, 0.3) is 0 Å². The molecule has 0 heterocycles. The third-order valence-corrected chi connectivity index (χ3v) is 2.12. The monoisotopic (exact) mass is 255 g/mol. The number of hydrogen-bond donors (Lipinski definition) is 0. The third kappa shape index (κ3) is 3.35. The summed E-state index contributed by atoms with van der Waals surface area (Å²) in [4.78, 5) is 3.66. The van der Waals surface area contributed by atoms with E-state index in [1.165, 1.54) is 0 Å². The van der Waals surface area contributed by atoms with Crippen LogP contribution in [0.1, 0.15) is 5.56 Å². The fraction of sp³-hybridized carbons (Fsp3) is 0.125. The van der Waals surface area contributed by atoms with Gasteiger partial charge in [0.2, 0.25) is 4.46 Å². The highest BCUT2D eigenvalue weighted by atomic mass is 35.5. The molecule has 0 aliphatic carbocycles. The van der Waals surface area contributed by atoms with Gasteiger partial charge in [0.15, 0.2) is 4.63 Å². The number of rotatable bonds is 2. The van der Waals surface area contributed by atoms with Crippen LogP contribution in [-0.2, 0) is 4.46 Å². The molecule has 0 spiro atoms. The van der Waals surface area contributed by atoms with E-state index >= 15 is 0 Å². The SMILES string of the molecule is ClC(Cl)=NC(Cl)(Cl)c1ccccc1. The van der Waals surface area contributed by atoms with Gasteiger partial charge < -0.3 is 0 Å². The number of halogens is 4. The van der Waals surface area contributed by atoms with E-state index in [9.17, 15) is 0 Å². The Hall–Kier alpha value is 0.0500. The Kier molecular flexibility index (Phi) is 3.87. The summed E-state index contributed by atoms with van der Waals surface area (Å²) in [6.45, 7) is 0. The smallest absolute Gasteiger partial charge is 0.219 e. The Bertz CT molecular complexity index is 303. The van der Waals surface area contributed by atoms with Gasteiger partial charge in [0.1, 0.15) is 0 Å². The molecule has 5 heteroatoms. The fourth-order valence-corrected chi connectivity index (χ4v) is 1.66. The molecule has 1 aromatic carbocycles. The molecule has 0 N–H and O–H groups in total. The molecule has 0 saturated heterocycles. The van der Waals surface area contributed by atoms with Crippen LogP contribution in [0.3, 0.4) is 0 Å². The average molecular weight is 257 g/mol. The first kappa shape index (κ1) is 11.1. The first-order valence-electron chi connectivity index (χ1n) is 3.36. The first-order valence-corrected chi connectivity index (χ1v) is 4.88. The molecule has 1 nitrogen and oxygen atoms in total. The molecule has 0 unspecified atom stereocenters. The van der Waals surface area contributed by atoms with Gasteiger partial charge in [0, 0.05) is 5.56 Å². The van der Waals surface area contributed by atoms with Gasteiger partial charge >= 0.3 is 0 Å². The molecule has 0 aliphatic rings. The lowest BCUT2D eigenvalue weighted by Gasteiger charge is -2.13. The fourth-order valence-electron chi connectivity index (χ4n) is 0.809. The maximum absolute atomic E-state index is 5.87. The van der Waals surface area contributed by atoms with Gasteiger partial charge in [-0.2, -0.15) is 0 Å². The normalized spacial score (nSPS) is 11.1. The molecular formula is C8H5Cl4N. The van der Waals surface area contributed by atoms with Crippen LogP contribution in [0.5, 0.6) is 0 Å². The minimum atomic E-state index is -1.42. The van der Waals surface area contributed by atoms with Crippen molar-refractivity contribution in [2.24, 2.45) is 4.99 Å². The van der Waals surface area contributed by atoms with Gasteiger partial charge in [-0.3, -0.25) is 0 Å². The largest absolute Gasteiger partial charge is 0.235 e. The zero-order valence-corrected chi connectivity index (χ0v) is 9.37. The van der Waals surface area contributed by atoms with Crippen LogP contribution in [0.2, 0.25) is 0 Å². The van der Waals surface area contributed by atoms with E-state index in [0.717, 1.165) is 0 Å². The highest BCUT2D eigenvalue weighted by molar-refractivity contribution is 6.95. The number of aliphatic imine (C=N–C) groups is 1. The Morgan fingerprint density at radius 3 is 2.08 bits per heavy atom. The highest BCUT2D eigenvalue weighted by Crippen LogP contribution is 2.35. The quantitative estimate of drug-likeness (QED) is 0.429. The molecule has 1 aromatic rings. The van der Waals surface area contributed by atoms with Gasteiger partial charge in [0.05, 0.1) is 0 Å². The number of benzene rings is 1. The number of hydrogen-bond acceptors (Lipinski definition) is 1. The van der Waals surface area contributed by atoms with Crippen LogP contribution < -0.4 is 0 Å². The van der Waals surface area contributed by atoms with Crippen molar-refractivity contribution in [2.45, 2.75) is 4.46 Å². The summed E-state index contributed by atoms with van der Waals surface area (Å²) in [6, 6.07) is 8.92. The third-order valence-electron chi connectivity index (χ3n) is 1.35. The zero-order chi connectivity index (χ0) is 9.90. The van der Waals surface area contributed by atoms with Crippen molar-refractivity contribution < 1.29 is 0 Å². The molecule has 0 aliphatic heterocycles. The van der Waals surface area contributed by atoms with E-state index in [2.05, 4.69) is 4.99 Å². The molecular weight excluding hydrogens is 252 g/mol. The maximum Gasteiger partial charge on any atom is 0.235 e. The first-order chi connectivity index (χ1) is 6.02. The minimum Gasteiger partial charge on any atom is -0.219 e. The Morgan fingerprint density at radius 1 is 1.08 bits per heavy atom. The standard InChI is InChI=1S/C8H5Cl4N/c9-7(10)13-8(11,12)6-4-2-1-3-5-6/h1-5H. The minimum absolute atomic E-state index is 0.200. The van der Waals surface area contributed by atoms with Crippen LogP contribution in [0, 0.1) is 0 Å². The number of nitrogens with zero attached hydrogens (tertiary/aromatic N) is 1. The molecule has 0 fully saturated rings. The van der Waals surface area contributed by atoms with Crippen molar-refractivity contribution in [3.8, 4) is 0 Å². The van der Waals surface area contributed by atoms with Gasteiger partial charge in [-0.15, -0.1) is 0 Å². The second kappa shape index (κ2) is 4.52. The molecule has 0 aromatic heterocycles. The molecule has 13 heavy (non-hydrogen) atoms. The van der Waals surface area contributed by atoms with Crippen LogP contribution in [0.15, 0.2) is 35.3 Å². The molecule has 0 amide bonds. The van der Waals surface area contributed by atoms with E-state index in [1.54, 1.807) is 24.3 Å². The maximum atomic E-state index is 5.87. The Balaban J connectivity index is 3.01. The topological polar surface area (TPSA) is 12.4 Å². The lowest BCUT2D eigenvalue weighted by molar-refractivity contribution is 0.925.